The molecular weight excluding hydrogens is 326 g/mol. The first kappa shape index (κ1) is 18.7. The molecule has 0 bridgehead atoms. The van der Waals surface area contributed by atoms with E-state index in [1.165, 1.54) is 0 Å². The fraction of sp³-hybridized carbons (Fsp3) is 0.556. The summed E-state index contributed by atoms with van der Waals surface area (Å²) in [6.45, 7) is 6.01. The van der Waals surface area contributed by atoms with Gasteiger partial charge in [0.05, 0.1) is 12.0 Å². The summed E-state index contributed by atoms with van der Waals surface area (Å²) in [6.07, 6.45) is 1.90. The van der Waals surface area contributed by atoms with Crippen molar-refractivity contribution in [1.29, 1.82) is 0 Å². The Bertz CT molecular complexity index is 578. The lowest BCUT2D eigenvalue weighted by atomic mass is 9.95. The van der Waals surface area contributed by atoms with Crippen molar-refractivity contribution in [3.63, 3.8) is 0 Å². The summed E-state index contributed by atoms with van der Waals surface area (Å²) >= 11 is 5.86. The summed E-state index contributed by atoms with van der Waals surface area (Å²) in [4.78, 5) is 28.5. The highest BCUT2D eigenvalue weighted by atomic mass is 35.5. The molecule has 1 unspecified atom stereocenters. The van der Waals surface area contributed by atoms with E-state index in [0.717, 1.165) is 12.0 Å². The summed E-state index contributed by atoms with van der Waals surface area (Å²) in [5.74, 6) is 0.0580. The number of carbonyl (C=O) groups is 2. The number of benzene rings is 1. The summed E-state index contributed by atoms with van der Waals surface area (Å²) in [7, 11) is 0. The highest BCUT2D eigenvalue weighted by Crippen LogP contribution is 2.16. The highest BCUT2D eigenvalue weighted by Gasteiger charge is 2.34. The van der Waals surface area contributed by atoms with Crippen molar-refractivity contribution in [1.82, 2.24) is 9.80 Å². The second kappa shape index (κ2) is 7.99. The first-order valence-electron chi connectivity index (χ1n) is 8.44. The van der Waals surface area contributed by atoms with Gasteiger partial charge in [-0.3, -0.25) is 9.59 Å². The van der Waals surface area contributed by atoms with Gasteiger partial charge in [-0.25, -0.2) is 0 Å². The van der Waals surface area contributed by atoms with Crippen LogP contribution < -0.4 is 5.73 Å². The lowest BCUT2D eigenvalue weighted by Crippen LogP contribution is -2.58. The van der Waals surface area contributed by atoms with Crippen LogP contribution in [0.2, 0.25) is 5.02 Å². The van der Waals surface area contributed by atoms with Crippen LogP contribution in [0.15, 0.2) is 24.3 Å². The largest absolute Gasteiger partial charge is 0.339 e. The van der Waals surface area contributed by atoms with Crippen molar-refractivity contribution in [3.05, 3.63) is 34.9 Å². The number of piperazine rings is 1. The molecular formula is C18H26ClN3O2. The van der Waals surface area contributed by atoms with Gasteiger partial charge in [0.15, 0.2) is 0 Å². The van der Waals surface area contributed by atoms with Gasteiger partial charge in [-0.15, -0.1) is 0 Å². The van der Waals surface area contributed by atoms with Gasteiger partial charge in [0.1, 0.15) is 0 Å². The van der Waals surface area contributed by atoms with E-state index in [2.05, 4.69) is 0 Å². The molecule has 1 saturated heterocycles. The molecule has 1 heterocycles. The Morgan fingerprint density at radius 1 is 1.12 bits per heavy atom. The first-order valence-corrected chi connectivity index (χ1v) is 8.82. The van der Waals surface area contributed by atoms with Crippen molar-refractivity contribution >= 4 is 23.4 Å². The molecule has 0 aromatic heterocycles. The van der Waals surface area contributed by atoms with Crippen LogP contribution >= 0.6 is 11.6 Å². The SMILES string of the molecule is CCCC(C)(N)C(=O)N1CCN(C(=O)Cc2ccc(Cl)cc2)CC1. The van der Waals surface area contributed by atoms with Gasteiger partial charge in [-0.2, -0.15) is 0 Å². The molecule has 1 aromatic carbocycles. The van der Waals surface area contributed by atoms with Crippen LogP contribution in [0.25, 0.3) is 0 Å². The third-order valence-electron chi connectivity index (χ3n) is 4.45. The number of hydrogen-bond acceptors (Lipinski definition) is 3. The zero-order chi connectivity index (χ0) is 17.7. The Morgan fingerprint density at radius 3 is 2.21 bits per heavy atom. The van der Waals surface area contributed by atoms with Crippen LogP contribution in [-0.4, -0.2) is 53.3 Å². The molecule has 1 aliphatic heterocycles. The molecule has 6 heteroatoms. The molecule has 2 rings (SSSR count). The van der Waals surface area contributed by atoms with E-state index < -0.39 is 5.54 Å². The monoisotopic (exact) mass is 351 g/mol. The lowest BCUT2D eigenvalue weighted by molar-refractivity contribution is -0.142. The van der Waals surface area contributed by atoms with Crippen molar-refractivity contribution in [2.45, 2.75) is 38.6 Å². The number of amides is 2. The van der Waals surface area contributed by atoms with Crippen LogP contribution in [0.1, 0.15) is 32.3 Å². The summed E-state index contributed by atoms with van der Waals surface area (Å²) in [6, 6.07) is 7.31. The highest BCUT2D eigenvalue weighted by molar-refractivity contribution is 6.30. The topological polar surface area (TPSA) is 66.6 Å². The van der Waals surface area contributed by atoms with E-state index in [1.807, 2.05) is 24.0 Å². The van der Waals surface area contributed by atoms with E-state index >= 15 is 0 Å². The summed E-state index contributed by atoms with van der Waals surface area (Å²) in [5.41, 5.74) is 6.26. The minimum absolute atomic E-state index is 0.0193. The molecule has 1 aromatic rings. The molecule has 1 atom stereocenters. The second-order valence-corrected chi connectivity index (χ2v) is 7.08. The van der Waals surface area contributed by atoms with Gasteiger partial charge < -0.3 is 15.5 Å². The van der Waals surface area contributed by atoms with E-state index in [0.29, 0.717) is 44.0 Å². The standard InChI is InChI=1S/C18H26ClN3O2/c1-3-8-18(2,20)17(24)22-11-9-21(10-12-22)16(23)13-14-4-6-15(19)7-5-14/h4-7H,3,8-13,20H2,1-2H3. The first-order chi connectivity index (χ1) is 11.3. The molecule has 1 aliphatic rings. The smallest absolute Gasteiger partial charge is 0.242 e. The van der Waals surface area contributed by atoms with Crippen LogP contribution in [0.4, 0.5) is 0 Å². The van der Waals surface area contributed by atoms with Crippen molar-refractivity contribution in [2.24, 2.45) is 5.73 Å². The van der Waals surface area contributed by atoms with Crippen LogP contribution in [-0.2, 0) is 16.0 Å². The number of rotatable bonds is 5. The second-order valence-electron chi connectivity index (χ2n) is 6.64. The number of nitrogens with zero attached hydrogens (tertiary/aromatic N) is 2. The minimum atomic E-state index is -0.815. The lowest BCUT2D eigenvalue weighted by Gasteiger charge is -2.38. The van der Waals surface area contributed by atoms with E-state index in [1.54, 1.807) is 24.0 Å². The fourth-order valence-corrected chi connectivity index (χ4v) is 3.16. The van der Waals surface area contributed by atoms with Crippen LogP contribution in [0.5, 0.6) is 0 Å². The molecule has 1 fully saturated rings. The van der Waals surface area contributed by atoms with Gasteiger partial charge >= 0.3 is 0 Å². The van der Waals surface area contributed by atoms with Gasteiger partial charge in [0.25, 0.3) is 0 Å². The van der Waals surface area contributed by atoms with Crippen LogP contribution in [0, 0.1) is 0 Å². The van der Waals surface area contributed by atoms with Crippen molar-refractivity contribution in [2.75, 3.05) is 26.2 Å². The zero-order valence-electron chi connectivity index (χ0n) is 14.4. The summed E-state index contributed by atoms with van der Waals surface area (Å²) < 4.78 is 0. The maximum atomic E-state index is 12.5. The van der Waals surface area contributed by atoms with Crippen molar-refractivity contribution in [3.8, 4) is 0 Å². The molecule has 0 aliphatic carbocycles. The average molecular weight is 352 g/mol. The third kappa shape index (κ3) is 4.71. The molecule has 2 amide bonds. The fourth-order valence-electron chi connectivity index (χ4n) is 3.04. The third-order valence-corrected chi connectivity index (χ3v) is 4.70. The van der Waals surface area contributed by atoms with Gasteiger partial charge in [0.2, 0.25) is 11.8 Å². The Kier molecular flexibility index (Phi) is 6.24. The Morgan fingerprint density at radius 2 is 1.67 bits per heavy atom. The predicted molar refractivity (Wildman–Crippen MR) is 95.8 cm³/mol. The predicted octanol–water partition coefficient (Wildman–Crippen LogP) is 2.07. The molecule has 2 N–H and O–H groups in total. The Hall–Kier alpha value is -1.59. The van der Waals surface area contributed by atoms with Crippen LogP contribution in [0.3, 0.4) is 0 Å². The molecule has 132 valence electrons. The number of halogens is 1. The van der Waals surface area contributed by atoms with Gasteiger partial charge in [0, 0.05) is 31.2 Å². The molecule has 0 spiro atoms. The van der Waals surface area contributed by atoms with Gasteiger partial charge in [-0.1, -0.05) is 37.1 Å². The van der Waals surface area contributed by atoms with E-state index in [4.69, 9.17) is 17.3 Å². The van der Waals surface area contributed by atoms with E-state index in [-0.39, 0.29) is 11.8 Å². The summed E-state index contributed by atoms with van der Waals surface area (Å²) in [5, 5.41) is 0.662. The minimum Gasteiger partial charge on any atom is -0.339 e. The van der Waals surface area contributed by atoms with Gasteiger partial charge in [-0.05, 0) is 31.0 Å². The molecule has 24 heavy (non-hydrogen) atoms. The Labute approximate surface area is 148 Å². The number of hydrogen-bond donors (Lipinski definition) is 1. The number of nitrogens with two attached hydrogens (primary N) is 1. The Balaban J connectivity index is 1.86. The maximum absolute atomic E-state index is 12.5. The maximum Gasteiger partial charge on any atom is 0.242 e. The average Bonchev–Trinajstić information content (AvgIpc) is 2.56. The normalized spacial score (nSPS) is 17.5. The van der Waals surface area contributed by atoms with E-state index in [9.17, 15) is 9.59 Å². The molecule has 0 saturated carbocycles. The molecule has 0 radical (unpaired) electrons. The van der Waals surface area contributed by atoms with Crippen molar-refractivity contribution < 1.29 is 9.59 Å². The number of carbonyl (C=O) groups excluding carboxylic acids is 2. The quantitative estimate of drug-likeness (QED) is 0.883. The zero-order valence-corrected chi connectivity index (χ0v) is 15.2. The molecule has 5 nitrogen and oxygen atoms in total.